The fraction of sp³-hybridized carbons (Fsp3) is 0.333. The normalized spacial score (nSPS) is 8.69. The third-order valence-electron chi connectivity index (χ3n) is 1.76. The van der Waals surface area contributed by atoms with Crippen LogP contribution in [-0.2, 0) is 6.42 Å². The molecule has 0 aliphatic rings. The van der Waals surface area contributed by atoms with Crippen LogP contribution in [0.3, 0.4) is 0 Å². The Labute approximate surface area is 79.8 Å². The van der Waals surface area contributed by atoms with Crippen molar-refractivity contribution >= 4 is 0 Å². The van der Waals surface area contributed by atoms with Gasteiger partial charge in [0.1, 0.15) is 5.82 Å². The van der Waals surface area contributed by atoms with Crippen molar-refractivity contribution in [2.45, 2.75) is 26.7 Å². The summed E-state index contributed by atoms with van der Waals surface area (Å²) < 4.78 is 12.7. The quantitative estimate of drug-likeness (QED) is 0.609. The standard InChI is InChI=1S/C10H13F.C2H2/c1-3-4-9-5-6-10(11)8(2)7-9;1-2/h5-7H,3-4H2,1-2H3;1-2H. The van der Waals surface area contributed by atoms with Gasteiger partial charge in [-0.1, -0.05) is 25.5 Å². The molecule has 0 radical (unpaired) electrons. The highest BCUT2D eigenvalue weighted by Gasteiger charge is 1.96. The maximum absolute atomic E-state index is 12.7. The number of benzene rings is 1. The summed E-state index contributed by atoms with van der Waals surface area (Å²) in [6.45, 7) is 3.92. The van der Waals surface area contributed by atoms with Crippen molar-refractivity contribution in [2.24, 2.45) is 0 Å². The van der Waals surface area contributed by atoms with Gasteiger partial charge in [0.2, 0.25) is 0 Å². The van der Waals surface area contributed by atoms with Gasteiger partial charge in [0.25, 0.3) is 0 Å². The highest BCUT2D eigenvalue weighted by Crippen LogP contribution is 2.10. The largest absolute Gasteiger partial charge is 0.207 e. The Balaban J connectivity index is 0.000000671. The molecule has 0 aliphatic carbocycles. The van der Waals surface area contributed by atoms with Gasteiger partial charge in [0.05, 0.1) is 0 Å². The highest BCUT2D eigenvalue weighted by molar-refractivity contribution is 5.23. The molecule has 0 amide bonds. The van der Waals surface area contributed by atoms with E-state index in [4.69, 9.17) is 0 Å². The molecule has 1 rings (SSSR count). The summed E-state index contributed by atoms with van der Waals surface area (Å²) in [7, 11) is 0. The lowest BCUT2D eigenvalue weighted by atomic mass is 10.1. The average Bonchev–Trinajstić information content (AvgIpc) is 2.15. The molecule has 0 fully saturated rings. The first-order chi connectivity index (χ1) is 6.24. The first kappa shape index (κ1) is 11.7. The van der Waals surface area contributed by atoms with Crippen LogP contribution in [0, 0.1) is 25.6 Å². The molecule has 0 saturated heterocycles. The van der Waals surface area contributed by atoms with E-state index in [0.29, 0.717) is 0 Å². The fourth-order valence-corrected chi connectivity index (χ4v) is 1.15. The van der Waals surface area contributed by atoms with Crippen LogP contribution >= 0.6 is 0 Å². The molecule has 0 aromatic heterocycles. The van der Waals surface area contributed by atoms with Crippen LogP contribution in [0.5, 0.6) is 0 Å². The minimum atomic E-state index is -0.107. The molecular weight excluding hydrogens is 163 g/mol. The van der Waals surface area contributed by atoms with Crippen LogP contribution in [0.25, 0.3) is 0 Å². The van der Waals surface area contributed by atoms with Crippen molar-refractivity contribution in [3.8, 4) is 12.8 Å². The second-order valence-electron chi connectivity index (χ2n) is 2.83. The lowest BCUT2D eigenvalue weighted by Gasteiger charge is -2.00. The summed E-state index contributed by atoms with van der Waals surface area (Å²) >= 11 is 0. The van der Waals surface area contributed by atoms with E-state index in [2.05, 4.69) is 19.8 Å². The first-order valence-corrected chi connectivity index (χ1v) is 4.32. The van der Waals surface area contributed by atoms with Gasteiger partial charge >= 0.3 is 0 Å². The number of hydrogen-bond donors (Lipinski definition) is 0. The van der Waals surface area contributed by atoms with Gasteiger partial charge < -0.3 is 0 Å². The Bertz CT molecular complexity index is 274. The molecular formula is C12H15F. The van der Waals surface area contributed by atoms with E-state index in [1.165, 1.54) is 5.56 Å². The third kappa shape index (κ3) is 3.75. The molecule has 0 bridgehead atoms. The average molecular weight is 178 g/mol. The molecule has 0 heterocycles. The molecule has 1 aromatic carbocycles. The van der Waals surface area contributed by atoms with E-state index in [-0.39, 0.29) is 5.82 Å². The molecule has 0 spiro atoms. The van der Waals surface area contributed by atoms with Crippen molar-refractivity contribution in [3.63, 3.8) is 0 Å². The van der Waals surface area contributed by atoms with E-state index in [1.807, 2.05) is 12.1 Å². The van der Waals surface area contributed by atoms with Crippen LogP contribution in [-0.4, -0.2) is 0 Å². The summed E-state index contributed by atoms with van der Waals surface area (Å²) in [4.78, 5) is 0. The van der Waals surface area contributed by atoms with E-state index in [0.717, 1.165) is 18.4 Å². The van der Waals surface area contributed by atoms with Crippen molar-refractivity contribution in [3.05, 3.63) is 35.1 Å². The monoisotopic (exact) mass is 178 g/mol. The number of aryl methyl sites for hydroxylation is 2. The van der Waals surface area contributed by atoms with E-state index in [9.17, 15) is 4.39 Å². The predicted octanol–water partition coefficient (Wildman–Crippen LogP) is 3.34. The van der Waals surface area contributed by atoms with Crippen LogP contribution < -0.4 is 0 Å². The van der Waals surface area contributed by atoms with Crippen LogP contribution in [0.2, 0.25) is 0 Å². The zero-order chi connectivity index (χ0) is 10.3. The Morgan fingerprint density at radius 3 is 2.38 bits per heavy atom. The minimum Gasteiger partial charge on any atom is -0.207 e. The van der Waals surface area contributed by atoms with E-state index >= 15 is 0 Å². The van der Waals surface area contributed by atoms with Crippen LogP contribution in [0.1, 0.15) is 24.5 Å². The number of hydrogen-bond acceptors (Lipinski definition) is 0. The molecule has 0 aliphatic heterocycles. The lowest BCUT2D eigenvalue weighted by Crippen LogP contribution is -1.87. The summed E-state index contributed by atoms with van der Waals surface area (Å²) in [5.74, 6) is -0.107. The third-order valence-corrected chi connectivity index (χ3v) is 1.76. The van der Waals surface area contributed by atoms with Gasteiger partial charge in [0.15, 0.2) is 0 Å². The van der Waals surface area contributed by atoms with Gasteiger partial charge in [-0.15, -0.1) is 12.8 Å². The summed E-state index contributed by atoms with van der Waals surface area (Å²) in [5, 5.41) is 0. The van der Waals surface area contributed by atoms with Gasteiger partial charge in [-0.05, 0) is 30.5 Å². The molecule has 1 aromatic rings. The fourth-order valence-electron chi connectivity index (χ4n) is 1.15. The molecule has 0 saturated carbocycles. The van der Waals surface area contributed by atoms with Crippen molar-refractivity contribution in [1.29, 1.82) is 0 Å². The van der Waals surface area contributed by atoms with E-state index in [1.54, 1.807) is 13.0 Å². The Hall–Kier alpha value is -1.29. The van der Waals surface area contributed by atoms with Gasteiger partial charge in [0, 0.05) is 0 Å². The maximum atomic E-state index is 12.7. The first-order valence-electron chi connectivity index (χ1n) is 4.32. The van der Waals surface area contributed by atoms with Gasteiger partial charge in [-0.3, -0.25) is 0 Å². The van der Waals surface area contributed by atoms with E-state index < -0.39 is 0 Å². The molecule has 70 valence electrons. The molecule has 13 heavy (non-hydrogen) atoms. The number of terminal acetylenes is 1. The number of rotatable bonds is 2. The summed E-state index contributed by atoms with van der Waals surface area (Å²) in [5.41, 5.74) is 1.97. The second kappa shape index (κ2) is 6.25. The molecule has 0 nitrogen and oxygen atoms in total. The predicted molar refractivity (Wildman–Crippen MR) is 55.0 cm³/mol. The lowest BCUT2D eigenvalue weighted by molar-refractivity contribution is 0.617. The maximum Gasteiger partial charge on any atom is 0.126 e. The Morgan fingerprint density at radius 1 is 1.31 bits per heavy atom. The van der Waals surface area contributed by atoms with Gasteiger partial charge in [-0.2, -0.15) is 0 Å². The summed E-state index contributed by atoms with van der Waals surface area (Å²) in [6.07, 6.45) is 10.2. The highest BCUT2D eigenvalue weighted by atomic mass is 19.1. The van der Waals surface area contributed by atoms with Crippen LogP contribution in [0.4, 0.5) is 4.39 Å². The Kier molecular flexibility index (Phi) is 5.63. The zero-order valence-corrected chi connectivity index (χ0v) is 8.18. The second-order valence-corrected chi connectivity index (χ2v) is 2.83. The summed E-state index contributed by atoms with van der Waals surface area (Å²) in [6, 6.07) is 5.31. The van der Waals surface area contributed by atoms with Crippen molar-refractivity contribution in [1.82, 2.24) is 0 Å². The van der Waals surface area contributed by atoms with Crippen LogP contribution in [0.15, 0.2) is 18.2 Å². The van der Waals surface area contributed by atoms with Gasteiger partial charge in [-0.25, -0.2) is 4.39 Å². The number of halogens is 1. The molecule has 0 unspecified atom stereocenters. The molecule has 0 N–H and O–H groups in total. The van der Waals surface area contributed by atoms with Crippen molar-refractivity contribution < 1.29 is 4.39 Å². The topological polar surface area (TPSA) is 0 Å². The molecule has 1 heteroatoms. The minimum absolute atomic E-state index is 0.107. The molecule has 0 atom stereocenters. The SMILES string of the molecule is C#C.CCCc1ccc(F)c(C)c1. The van der Waals surface area contributed by atoms with Crippen molar-refractivity contribution in [2.75, 3.05) is 0 Å². The smallest absolute Gasteiger partial charge is 0.126 e. The Morgan fingerprint density at radius 2 is 1.92 bits per heavy atom. The zero-order valence-electron chi connectivity index (χ0n) is 8.18.